The molecule has 152 valence electrons. The van der Waals surface area contributed by atoms with Crippen molar-refractivity contribution in [2.45, 2.75) is 44.9 Å². The highest BCUT2D eigenvalue weighted by molar-refractivity contribution is 6.34. The fourth-order valence-electron chi connectivity index (χ4n) is 3.72. The van der Waals surface area contributed by atoms with Crippen LogP contribution in [0.15, 0.2) is 41.6 Å². The maximum absolute atomic E-state index is 12.5. The van der Waals surface area contributed by atoms with Crippen LogP contribution in [0.25, 0.3) is 0 Å². The Bertz CT molecular complexity index is 966. The Morgan fingerprint density at radius 1 is 1.21 bits per heavy atom. The number of carbonyl (C=O) groups is 1. The minimum atomic E-state index is -0.645. The molecule has 4 rings (SSSR count). The quantitative estimate of drug-likeness (QED) is 0.721. The van der Waals surface area contributed by atoms with Gasteiger partial charge in [0.05, 0.1) is 5.71 Å². The van der Waals surface area contributed by atoms with Gasteiger partial charge in [0.2, 0.25) is 0 Å². The molecule has 0 radical (unpaired) electrons. The number of aryl methyl sites for hydroxylation is 1. The van der Waals surface area contributed by atoms with Crippen molar-refractivity contribution in [2.75, 3.05) is 6.61 Å². The van der Waals surface area contributed by atoms with Crippen molar-refractivity contribution >= 4 is 34.8 Å². The number of amides is 1. The van der Waals surface area contributed by atoms with Gasteiger partial charge in [0.1, 0.15) is 6.23 Å². The van der Waals surface area contributed by atoms with E-state index < -0.39 is 5.60 Å². The molecule has 0 saturated carbocycles. The average Bonchev–Trinajstić information content (AvgIpc) is 3.31. The van der Waals surface area contributed by atoms with E-state index in [1.807, 2.05) is 44.2 Å². The Kier molecular flexibility index (Phi) is 5.56. The number of hydrogen-bond acceptors (Lipinski definition) is 4. The fourth-order valence-corrected chi connectivity index (χ4v) is 4.25. The first-order valence-electron chi connectivity index (χ1n) is 9.59. The number of hydrogen-bond donors (Lipinski definition) is 1. The first-order chi connectivity index (χ1) is 13.8. The molecule has 0 bridgehead atoms. The number of oxime groups is 1. The highest BCUT2D eigenvalue weighted by Gasteiger charge is 2.37. The van der Waals surface area contributed by atoms with Crippen LogP contribution in [0.3, 0.4) is 0 Å². The molecule has 1 amide bonds. The second-order valence-electron chi connectivity index (χ2n) is 7.70. The summed E-state index contributed by atoms with van der Waals surface area (Å²) in [6.45, 7) is 4.57. The van der Waals surface area contributed by atoms with Gasteiger partial charge in [0.15, 0.2) is 5.60 Å². The summed E-state index contributed by atoms with van der Waals surface area (Å²) in [7, 11) is 0. The number of carbonyl (C=O) groups excluding carboxylic acids is 1. The number of ether oxygens (including phenoxy) is 1. The SMILES string of the molecule is Cc1cc(C2=NOC(C)(c3cc(Cl)cc(Cl)c3)C2)ccc1C(=O)NC1CCCO1. The standard InChI is InChI=1S/C22H22Cl2N2O3/c1-13-8-14(5-6-18(13)21(27)25-20-4-3-7-28-20)19-12-22(2,29-26-19)15-9-16(23)11-17(24)10-15/h5-6,8-11,20H,3-4,7,12H2,1-2H3,(H,25,27). The predicted molar refractivity (Wildman–Crippen MR) is 114 cm³/mol. The fraction of sp³-hybridized carbons (Fsp3) is 0.364. The van der Waals surface area contributed by atoms with E-state index in [1.54, 1.807) is 6.07 Å². The van der Waals surface area contributed by atoms with Crippen LogP contribution in [-0.4, -0.2) is 24.5 Å². The molecular formula is C22H22Cl2N2O3. The molecule has 1 saturated heterocycles. The molecule has 5 nitrogen and oxygen atoms in total. The molecule has 0 aliphatic carbocycles. The average molecular weight is 433 g/mol. The van der Waals surface area contributed by atoms with Crippen molar-refractivity contribution in [3.05, 3.63) is 68.7 Å². The Labute approximate surface area is 180 Å². The normalized spacial score (nSPS) is 23.6. The molecule has 2 aliphatic rings. The van der Waals surface area contributed by atoms with Crippen LogP contribution in [0.5, 0.6) is 0 Å². The molecule has 2 atom stereocenters. The monoisotopic (exact) mass is 432 g/mol. The Balaban J connectivity index is 1.50. The Morgan fingerprint density at radius 2 is 1.97 bits per heavy atom. The first-order valence-corrected chi connectivity index (χ1v) is 10.3. The summed E-state index contributed by atoms with van der Waals surface area (Å²) in [6.07, 6.45) is 2.20. The maximum atomic E-state index is 12.5. The van der Waals surface area contributed by atoms with E-state index in [1.165, 1.54) is 0 Å². The van der Waals surface area contributed by atoms with E-state index >= 15 is 0 Å². The lowest BCUT2D eigenvalue weighted by atomic mass is 9.88. The molecule has 2 aliphatic heterocycles. The maximum Gasteiger partial charge on any atom is 0.253 e. The molecular weight excluding hydrogens is 411 g/mol. The van der Waals surface area contributed by atoms with Gasteiger partial charge >= 0.3 is 0 Å². The smallest absolute Gasteiger partial charge is 0.253 e. The van der Waals surface area contributed by atoms with Crippen molar-refractivity contribution in [3.8, 4) is 0 Å². The zero-order valence-corrected chi connectivity index (χ0v) is 17.8. The summed E-state index contributed by atoms with van der Waals surface area (Å²) in [5.41, 5.74) is 3.48. The lowest BCUT2D eigenvalue weighted by Gasteiger charge is -2.22. The molecule has 2 aromatic carbocycles. The second-order valence-corrected chi connectivity index (χ2v) is 8.57. The van der Waals surface area contributed by atoms with E-state index in [-0.39, 0.29) is 12.1 Å². The van der Waals surface area contributed by atoms with Gasteiger partial charge in [-0.05, 0) is 68.1 Å². The summed E-state index contributed by atoms with van der Waals surface area (Å²) < 4.78 is 5.49. The van der Waals surface area contributed by atoms with E-state index in [2.05, 4.69) is 10.5 Å². The van der Waals surface area contributed by atoms with Gasteiger partial charge in [-0.25, -0.2) is 0 Å². The highest BCUT2D eigenvalue weighted by Crippen LogP contribution is 2.38. The van der Waals surface area contributed by atoms with Crippen LogP contribution in [0, 0.1) is 6.92 Å². The Morgan fingerprint density at radius 3 is 2.62 bits per heavy atom. The van der Waals surface area contributed by atoms with Gasteiger partial charge in [0, 0.05) is 34.2 Å². The van der Waals surface area contributed by atoms with Crippen LogP contribution < -0.4 is 5.32 Å². The van der Waals surface area contributed by atoms with Crippen LogP contribution in [0.4, 0.5) is 0 Å². The summed E-state index contributed by atoms with van der Waals surface area (Å²) in [5.74, 6) is -0.121. The molecule has 2 aromatic rings. The summed E-state index contributed by atoms with van der Waals surface area (Å²) >= 11 is 12.3. The Hall–Kier alpha value is -2.08. The third kappa shape index (κ3) is 4.27. The third-order valence-electron chi connectivity index (χ3n) is 5.36. The van der Waals surface area contributed by atoms with E-state index in [0.29, 0.717) is 28.6 Å². The minimum absolute atomic E-state index is 0.121. The summed E-state index contributed by atoms with van der Waals surface area (Å²) in [6, 6.07) is 11.1. The third-order valence-corrected chi connectivity index (χ3v) is 5.80. The van der Waals surface area contributed by atoms with Crippen molar-refractivity contribution in [2.24, 2.45) is 5.16 Å². The summed E-state index contributed by atoms with van der Waals surface area (Å²) in [5, 5.41) is 8.35. The van der Waals surface area contributed by atoms with Gasteiger partial charge in [-0.2, -0.15) is 0 Å². The molecule has 2 unspecified atom stereocenters. The largest absolute Gasteiger partial charge is 0.384 e. The number of rotatable bonds is 4. The molecule has 29 heavy (non-hydrogen) atoms. The molecule has 2 heterocycles. The predicted octanol–water partition coefficient (Wildman–Crippen LogP) is 5.21. The lowest BCUT2D eigenvalue weighted by Crippen LogP contribution is -2.34. The van der Waals surface area contributed by atoms with Crippen molar-refractivity contribution in [1.29, 1.82) is 0 Å². The summed E-state index contributed by atoms with van der Waals surface area (Å²) in [4.78, 5) is 18.3. The van der Waals surface area contributed by atoms with Crippen molar-refractivity contribution in [1.82, 2.24) is 5.32 Å². The molecule has 1 fully saturated rings. The van der Waals surface area contributed by atoms with E-state index in [9.17, 15) is 4.79 Å². The first kappa shape index (κ1) is 20.2. The van der Waals surface area contributed by atoms with Gasteiger partial charge in [-0.1, -0.05) is 34.4 Å². The topological polar surface area (TPSA) is 59.9 Å². The second kappa shape index (κ2) is 7.98. The number of nitrogens with zero attached hydrogens (tertiary/aromatic N) is 1. The molecule has 1 N–H and O–H groups in total. The van der Waals surface area contributed by atoms with Gasteiger partial charge in [-0.3, -0.25) is 4.79 Å². The number of benzene rings is 2. The van der Waals surface area contributed by atoms with Crippen LogP contribution in [-0.2, 0) is 15.2 Å². The lowest BCUT2D eigenvalue weighted by molar-refractivity contribution is -0.00737. The van der Waals surface area contributed by atoms with Crippen molar-refractivity contribution < 1.29 is 14.4 Å². The van der Waals surface area contributed by atoms with E-state index in [0.717, 1.165) is 35.2 Å². The van der Waals surface area contributed by atoms with Crippen molar-refractivity contribution in [3.63, 3.8) is 0 Å². The molecule has 0 aromatic heterocycles. The zero-order chi connectivity index (χ0) is 20.6. The number of halogens is 2. The van der Waals surface area contributed by atoms with Crippen LogP contribution in [0.1, 0.15) is 53.2 Å². The molecule has 0 spiro atoms. The zero-order valence-electron chi connectivity index (χ0n) is 16.3. The number of nitrogens with one attached hydrogen (secondary N) is 1. The van der Waals surface area contributed by atoms with E-state index in [4.69, 9.17) is 32.8 Å². The molecule has 7 heteroatoms. The van der Waals surface area contributed by atoms with Crippen LogP contribution >= 0.6 is 23.2 Å². The van der Waals surface area contributed by atoms with Gasteiger partial charge in [-0.15, -0.1) is 0 Å². The van der Waals surface area contributed by atoms with Gasteiger partial charge in [0.25, 0.3) is 5.91 Å². The van der Waals surface area contributed by atoms with Crippen LogP contribution in [0.2, 0.25) is 10.0 Å². The minimum Gasteiger partial charge on any atom is -0.384 e. The van der Waals surface area contributed by atoms with Gasteiger partial charge < -0.3 is 14.9 Å². The highest BCUT2D eigenvalue weighted by atomic mass is 35.5.